The summed E-state index contributed by atoms with van der Waals surface area (Å²) in [4.78, 5) is 11.6. The summed E-state index contributed by atoms with van der Waals surface area (Å²) >= 11 is 0. The van der Waals surface area contributed by atoms with Crippen LogP contribution in [0.2, 0.25) is 0 Å². The van der Waals surface area contributed by atoms with Gasteiger partial charge in [0.1, 0.15) is 5.69 Å². The average Bonchev–Trinajstić information content (AvgIpc) is 2.45. The smallest absolute Gasteiger partial charge is 0.268 e. The molecule has 22 heavy (non-hydrogen) atoms. The molecule has 0 spiro atoms. The Kier molecular flexibility index (Phi) is 4.36. The minimum absolute atomic E-state index is 0.0969. The van der Waals surface area contributed by atoms with Crippen molar-refractivity contribution in [1.82, 2.24) is 9.78 Å². The summed E-state index contributed by atoms with van der Waals surface area (Å²) in [5, 5.41) is 4.09. The standard InChI is InChI=1S/C16H13F3N2O/c1-11(2)21-15(22)10-9-14(20-21)8-5-12-3-6-13(7-4-12)16(17,18)19/h3-4,6-7,9-11H,1-2H3. The van der Waals surface area contributed by atoms with Crippen molar-refractivity contribution in [1.29, 1.82) is 0 Å². The monoisotopic (exact) mass is 306 g/mol. The van der Waals surface area contributed by atoms with E-state index in [1.807, 2.05) is 13.8 Å². The highest BCUT2D eigenvalue weighted by Crippen LogP contribution is 2.28. The molecule has 1 heterocycles. The summed E-state index contributed by atoms with van der Waals surface area (Å²) in [6.07, 6.45) is -4.36. The third-order valence-electron chi connectivity index (χ3n) is 2.86. The quantitative estimate of drug-likeness (QED) is 0.758. The molecular weight excluding hydrogens is 293 g/mol. The Hall–Kier alpha value is -2.55. The lowest BCUT2D eigenvalue weighted by atomic mass is 10.1. The molecule has 6 heteroatoms. The zero-order valence-electron chi connectivity index (χ0n) is 12.0. The number of hydrogen-bond acceptors (Lipinski definition) is 2. The number of halogens is 3. The maximum atomic E-state index is 12.4. The van der Waals surface area contributed by atoms with Gasteiger partial charge in [0.25, 0.3) is 5.56 Å². The highest BCUT2D eigenvalue weighted by atomic mass is 19.4. The lowest BCUT2D eigenvalue weighted by molar-refractivity contribution is -0.137. The lowest BCUT2D eigenvalue weighted by Crippen LogP contribution is -2.24. The summed E-state index contributed by atoms with van der Waals surface area (Å²) in [5.41, 5.74) is -0.120. The first-order valence-electron chi connectivity index (χ1n) is 6.56. The Bertz CT molecular complexity index is 778. The van der Waals surface area contributed by atoms with Gasteiger partial charge < -0.3 is 0 Å². The van der Waals surface area contributed by atoms with Gasteiger partial charge in [0.2, 0.25) is 0 Å². The summed E-state index contributed by atoms with van der Waals surface area (Å²) in [6, 6.07) is 7.31. The molecule has 0 atom stereocenters. The van der Waals surface area contributed by atoms with Crippen molar-refractivity contribution < 1.29 is 13.2 Å². The van der Waals surface area contributed by atoms with Crippen LogP contribution < -0.4 is 5.56 Å². The molecule has 0 saturated heterocycles. The van der Waals surface area contributed by atoms with E-state index in [0.29, 0.717) is 11.3 Å². The number of hydrogen-bond donors (Lipinski definition) is 0. The molecule has 2 aromatic rings. The molecule has 0 amide bonds. The van der Waals surface area contributed by atoms with Gasteiger partial charge in [0.15, 0.2) is 0 Å². The molecule has 0 aliphatic heterocycles. The van der Waals surface area contributed by atoms with Crippen LogP contribution in [-0.2, 0) is 6.18 Å². The largest absolute Gasteiger partial charge is 0.416 e. The highest BCUT2D eigenvalue weighted by molar-refractivity contribution is 5.41. The Morgan fingerprint density at radius 3 is 2.23 bits per heavy atom. The molecule has 1 aromatic carbocycles. The number of alkyl halides is 3. The summed E-state index contributed by atoms with van der Waals surface area (Å²) in [6.45, 7) is 3.64. The SMILES string of the molecule is CC(C)n1nc(C#Cc2ccc(C(F)(F)F)cc2)ccc1=O. The van der Waals surface area contributed by atoms with Gasteiger partial charge in [-0.25, -0.2) is 4.68 Å². The van der Waals surface area contributed by atoms with Crippen molar-refractivity contribution in [3.8, 4) is 11.8 Å². The molecule has 1 aromatic heterocycles. The molecule has 0 fully saturated rings. The van der Waals surface area contributed by atoms with Gasteiger partial charge in [0.05, 0.1) is 11.6 Å². The fourth-order valence-corrected chi connectivity index (χ4v) is 1.74. The second-order valence-corrected chi connectivity index (χ2v) is 4.92. The van der Waals surface area contributed by atoms with Crippen molar-refractivity contribution in [2.75, 3.05) is 0 Å². The van der Waals surface area contributed by atoms with Gasteiger partial charge in [0, 0.05) is 11.6 Å². The predicted molar refractivity (Wildman–Crippen MR) is 76.3 cm³/mol. The van der Waals surface area contributed by atoms with E-state index in [9.17, 15) is 18.0 Å². The molecule has 0 aliphatic rings. The molecule has 0 aliphatic carbocycles. The number of rotatable bonds is 1. The van der Waals surface area contributed by atoms with Crippen LogP contribution in [0.1, 0.15) is 36.7 Å². The van der Waals surface area contributed by atoms with Gasteiger partial charge >= 0.3 is 6.18 Å². The third kappa shape index (κ3) is 3.76. The third-order valence-corrected chi connectivity index (χ3v) is 2.86. The van der Waals surface area contributed by atoms with Crippen LogP contribution in [0.3, 0.4) is 0 Å². The molecule has 2 rings (SSSR count). The van der Waals surface area contributed by atoms with Crippen molar-refractivity contribution in [3.05, 3.63) is 63.6 Å². The Morgan fingerprint density at radius 1 is 1.05 bits per heavy atom. The van der Waals surface area contributed by atoms with Crippen LogP contribution >= 0.6 is 0 Å². The fraction of sp³-hybridized carbons (Fsp3) is 0.250. The zero-order valence-corrected chi connectivity index (χ0v) is 12.0. The number of nitrogens with zero attached hydrogens (tertiary/aromatic N) is 2. The topological polar surface area (TPSA) is 34.9 Å². The molecule has 3 nitrogen and oxygen atoms in total. The van der Waals surface area contributed by atoms with Gasteiger partial charge in [-0.3, -0.25) is 4.79 Å². The maximum Gasteiger partial charge on any atom is 0.416 e. The fourth-order valence-electron chi connectivity index (χ4n) is 1.74. The van der Waals surface area contributed by atoms with Crippen LogP contribution in [-0.4, -0.2) is 9.78 Å². The van der Waals surface area contributed by atoms with Crippen molar-refractivity contribution >= 4 is 0 Å². The highest BCUT2D eigenvalue weighted by Gasteiger charge is 2.29. The predicted octanol–water partition coefficient (Wildman–Crippen LogP) is 3.24. The Labute approximate surface area is 125 Å². The first-order chi connectivity index (χ1) is 10.3. The molecule has 0 unspecified atom stereocenters. The second kappa shape index (κ2) is 6.06. The van der Waals surface area contributed by atoms with Crippen LogP contribution in [0.25, 0.3) is 0 Å². The van der Waals surface area contributed by atoms with Gasteiger partial charge in [-0.05, 0) is 50.1 Å². The van der Waals surface area contributed by atoms with Gasteiger partial charge in [-0.15, -0.1) is 0 Å². The van der Waals surface area contributed by atoms with E-state index in [4.69, 9.17) is 0 Å². The minimum atomic E-state index is -4.36. The molecule has 114 valence electrons. The first-order valence-corrected chi connectivity index (χ1v) is 6.56. The van der Waals surface area contributed by atoms with Gasteiger partial charge in [-0.2, -0.15) is 18.3 Å². The first kappa shape index (κ1) is 15.8. The molecule has 0 saturated carbocycles. The van der Waals surface area contributed by atoms with E-state index in [1.54, 1.807) is 0 Å². The van der Waals surface area contributed by atoms with E-state index >= 15 is 0 Å². The summed E-state index contributed by atoms with van der Waals surface area (Å²) in [7, 11) is 0. The van der Waals surface area contributed by atoms with Gasteiger partial charge in [-0.1, -0.05) is 5.92 Å². The normalized spacial score (nSPS) is 11.2. The Balaban J connectivity index is 2.27. The summed E-state index contributed by atoms with van der Waals surface area (Å²) < 4.78 is 38.7. The van der Waals surface area contributed by atoms with Crippen molar-refractivity contribution in [2.24, 2.45) is 0 Å². The molecule has 0 radical (unpaired) electrons. The number of benzene rings is 1. The Morgan fingerprint density at radius 2 is 1.68 bits per heavy atom. The maximum absolute atomic E-state index is 12.4. The van der Waals surface area contributed by atoms with E-state index in [2.05, 4.69) is 16.9 Å². The van der Waals surface area contributed by atoms with Crippen LogP contribution in [0, 0.1) is 11.8 Å². The van der Waals surface area contributed by atoms with E-state index < -0.39 is 11.7 Å². The molecule has 0 N–H and O–H groups in total. The minimum Gasteiger partial charge on any atom is -0.268 e. The molecule has 0 bridgehead atoms. The van der Waals surface area contributed by atoms with Crippen molar-refractivity contribution in [2.45, 2.75) is 26.1 Å². The number of aromatic nitrogens is 2. The molecular formula is C16H13F3N2O. The van der Waals surface area contributed by atoms with Crippen LogP contribution in [0.4, 0.5) is 13.2 Å². The summed E-state index contributed by atoms with van der Waals surface area (Å²) in [5.74, 6) is 5.47. The van der Waals surface area contributed by atoms with E-state index in [1.165, 1.54) is 28.9 Å². The second-order valence-electron chi connectivity index (χ2n) is 4.92. The lowest BCUT2D eigenvalue weighted by Gasteiger charge is -2.07. The van der Waals surface area contributed by atoms with Crippen LogP contribution in [0.5, 0.6) is 0 Å². The van der Waals surface area contributed by atoms with E-state index in [0.717, 1.165) is 12.1 Å². The van der Waals surface area contributed by atoms with E-state index in [-0.39, 0.29) is 11.6 Å². The average molecular weight is 306 g/mol. The van der Waals surface area contributed by atoms with Crippen molar-refractivity contribution in [3.63, 3.8) is 0 Å². The van der Waals surface area contributed by atoms with Crippen LogP contribution in [0.15, 0.2) is 41.2 Å². The zero-order chi connectivity index (χ0) is 16.3.